The van der Waals surface area contributed by atoms with Crippen LogP contribution in [0.25, 0.3) is 0 Å². The number of phenols is 1. The maximum Gasteiger partial charge on any atom is 0.124 e. The van der Waals surface area contributed by atoms with Gasteiger partial charge in [0.2, 0.25) is 0 Å². The largest absolute Gasteiger partial charge is 0.507 e. The van der Waals surface area contributed by atoms with Gasteiger partial charge >= 0.3 is 0 Å². The van der Waals surface area contributed by atoms with Crippen molar-refractivity contribution in [3.8, 4) is 5.75 Å². The number of halogens is 1. The lowest BCUT2D eigenvalue weighted by molar-refractivity contribution is 0.474. The van der Waals surface area contributed by atoms with Crippen molar-refractivity contribution in [2.45, 2.75) is 12.5 Å². The topological polar surface area (TPSA) is 57.5 Å². The van der Waals surface area contributed by atoms with Gasteiger partial charge in [-0.2, -0.15) is 5.10 Å². The lowest BCUT2D eigenvalue weighted by Crippen LogP contribution is -2.10. The number of hydrazone groups is 1. The Bertz CT molecular complexity index is 628. The summed E-state index contributed by atoms with van der Waals surface area (Å²) in [6.07, 6.45) is 4.25. The molecule has 0 saturated carbocycles. The highest BCUT2D eigenvalue weighted by Gasteiger charge is 2.23. The molecule has 1 aliphatic rings. The van der Waals surface area contributed by atoms with E-state index in [1.807, 2.05) is 18.3 Å². The van der Waals surface area contributed by atoms with Gasteiger partial charge in [-0.15, -0.1) is 0 Å². The molecule has 3 rings (SSSR count). The second kappa shape index (κ2) is 4.90. The number of nitrogens with zero attached hydrogens (tertiary/aromatic N) is 2. The monoisotopic (exact) mass is 273 g/mol. The van der Waals surface area contributed by atoms with Crippen LogP contribution in [0.4, 0.5) is 0 Å². The minimum Gasteiger partial charge on any atom is -0.507 e. The van der Waals surface area contributed by atoms with E-state index in [1.54, 1.807) is 24.4 Å². The Labute approximate surface area is 115 Å². The normalized spacial score (nSPS) is 17.9. The van der Waals surface area contributed by atoms with Gasteiger partial charge in [0.15, 0.2) is 0 Å². The molecule has 1 atom stereocenters. The van der Waals surface area contributed by atoms with Crippen LogP contribution in [0.15, 0.2) is 47.8 Å². The van der Waals surface area contributed by atoms with Gasteiger partial charge in [0, 0.05) is 29.4 Å². The van der Waals surface area contributed by atoms with Gasteiger partial charge in [0.25, 0.3) is 0 Å². The van der Waals surface area contributed by atoms with E-state index in [1.165, 1.54) is 0 Å². The Morgan fingerprint density at radius 1 is 1.32 bits per heavy atom. The van der Waals surface area contributed by atoms with Crippen LogP contribution in [0.3, 0.4) is 0 Å². The lowest BCUT2D eigenvalue weighted by Gasteiger charge is -2.09. The molecule has 0 saturated heterocycles. The molecule has 0 bridgehead atoms. The van der Waals surface area contributed by atoms with Gasteiger partial charge < -0.3 is 10.5 Å². The number of phenolic OH excluding ortho intramolecular Hbond substituents is 1. The zero-order valence-electron chi connectivity index (χ0n) is 10.0. The first-order chi connectivity index (χ1) is 9.24. The molecular weight excluding hydrogens is 262 g/mol. The van der Waals surface area contributed by atoms with Crippen molar-refractivity contribution in [3.05, 3.63) is 58.9 Å². The van der Waals surface area contributed by atoms with E-state index in [0.29, 0.717) is 17.0 Å². The van der Waals surface area contributed by atoms with E-state index in [0.717, 1.165) is 11.3 Å². The minimum absolute atomic E-state index is 0.0853. The lowest BCUT2D eigenvalue weighted by atomic mass is 10.00. The first-order valence-corrected chi connectivity index (χ1v) is 6.33. The van der Waals surface area contributed by atoms with Crippen LogP contribution in [-0.2, 0) is 0 Å². The summed E-state index contributed by atoms with van der Waals surface area (Å²) < 4.78 is 0. The highest BCUT2D eigenvalue weighted by molar-refractivity contribution is 6.31. The van der Waals surface area contributed by atoms with Crippen LogP contribution in [-0.4, -0.2) is 15.8 Å². The van der Waals surface area contributed by atoms with Gasteiger partial charge in [-0.25, -0.2) is 0 Å². The molecule has 0 unspecified atom stereocenters. The van der Waals surface area contributed by atoms with Crippen molar-refractivity contribution in [1.82, 2.24) is 10.4 Å². The van der Waals surface area contributed by atoms with Crippen molar-refractivity contribution in [2.75, 3.05) is 0 Å². The van der Waals surface area contributed by atoms with Crippen molar-refractivity contribution in [3.63, 3.8) is 0 Å². The van der Waals surface area contributed by atoms with Crippen molar-refractivity contribution >= 4 is 17.3 Å². The fraction of sp³-hybridized carbons (Fsp3) is 0.143. The summed E-state index contributed by atoms with van der Waals surface area (Å²) in [4.78, 5) is 4.10. The molecule has 1 aromatic heterocycles. The summed E-state index contributed by atoms with van der Waals surface area (Å²) in [7, 11) is 0. The molecule has 1 aliphatic heterocycles. The predicted molar refractivity (Wildman–Crippen MR) is 74.4 cm³/mol. The standard InChI is InChI=1S/C14H12ClN3O/c15-10-3-4-14(19)11(6-10)13-7-12(17-18-13)9-2-1-5-16-8-9/h1-6,8,12,17,19H,7H2/t12-/m0/s1. The smallest absolute Gasteiger partial charge is 0.124 e. The fourth-order valence-corrected chi connectivity index (χ4v) is 2.30. The third kappa shape index (κ3) is 2.39. The van der Waals surface area contributed by atoms with E-state index in [-0.39, 0.29) is 11.8 Å². The molecule has 2 N–H and O–H groups in total. The molecule has 0 fully saturated rings. The third-order valence-corrected chi connectivity index (χ3v) is 3.34. The average molecular weight is 274 g/mol. The summed E-state index contributed by atoms with van der Waals surface area (Å²) in [5.41, 5.74) is 5.61. The maximum absolute atomic E-state index is 9.87. The molecule has 4 nitrogen and oxygen atoms in total. The number of aromatic hydroxyl groups is 1. The number of hydrogen-bond donors (Lipinski definition) is 2. The summed E-state index contributed by atoms with van der Waals surface area (Å²) in [6.45, 7) is 0. The molecule has 0 aliphatic carbocycles. The van der Waals surface area contributed by atoms with E-state index >= 15 is 0 Å². The van der Waals surface area contributed by atoms with Crippen LogP contribution in [0, 0.1) is 0 Å². The van der Waals surface area contributed by atoms with Crippen LogP contribution >= 0.6 is 11.6 Å². The molecule has 2 aromatic rings. The molecule has 0 radical (unpaired) electrons. The number of benzene rings is 1. The number of nitrogens with one attached hydrogen (secondary N) is 1. The first kappa shape index (κ1) is 12.0. The van der Waals surface area contributed by atoms with Crippen molar-refractivity contribution in [1.29, 1.82) is 0 Å². The maximum atomic E-state index is 9.87. The second-order valence-electron chi connectivity index (χ2n) is 4.39. The molecule has 96 valence electrons. The van der Waals surface area contributed by atoms with Gasteiger partial charge in [0.1, 0.15) is 5.75 Å². The van der Waals surface area contributed by atoms with Gasteiger partial charge in [-0.05, 0) is 29.8 Å². The molecule has 0 amide bonds. The summed E-state index contributed by atoms with van der Waals surface area (Å²) in [5.74, 6) is 0.191. The van der Waals surface area contributed by atoms with E-state index in [4.69, 9.17) is 11.6 Å². The Hall–Kier alpha value is -2.07. The number of hydrogen-bond acceptors (Lipinski definition) is 4. The van der Waals surface area contributed by atoms with Crippen LogP contribution in [0.5, 0.6) is 5.75 Å². The zero-order chi connectivity index (χ0) is 13.2. The first-order valence-electron chi connectivity index (χ1n) is 5.95. The Morgan fingerprint density at radius 2 is 2.21 bits per heavy atom. The van der Waals surface area contributed by atoms with Crippen LogP contribution in [0.1, 0.15) is 23.6 Å². The summed E-state index contributed by atoms with van der Waals surface area (Å²) >= 11 is 5.95. The quantitative estimate of drug-likeness (QED) is 0.885. The highest BCUT2D eigenvalue weighted by atomic mass is 35.5. The van der Waals surface area contributed by atoms with Crippen LogP contribution in [0.2, 0.25) is 5.02 Å². The SMILES string of the molecule is Oc1ccc(Cl)cc1C1=NN[C@H](c2cccnc2)C1. The molecule has 1 aromatic carbocycles. The van der Waals surface area contributed by atoms with Gasteiger partial charge in [0.05, 0.1) is 11.8 Å². The fourth-order valence-electron chi connectivity index (χ4n) is 2.12. The second-order valence-corrected chi connectivity index (χ2v) is 4.83. The minimum atomic E-state index is 0.0853. The van der Waals surface area contributed by atoms with Gasteiger partial charge in [-0.1, -0.05) is 17.7 Å². The number of pyridine rings is 1. The molecule has 19 heavy (non-hydrogen) atoms. The van der Waals surface area contributed by atoms with E-state index in [9.17, 15) is 5.11 Å². The summed E-state index contributed by atoms with van der Waals surface area (Å²) in [5, 5.41) is 14.7. The Balaban J connectivity index is 1.84. The van der Waals surface area contributed by atoms with Crippen molar-refractivity contribution in [2.24, 2.45) is 5.10 Å². The molecular formula is C14H12ClN3O. The zero-order valence-corrected chi connectivity index (χ0v) is 10.8. The Morgan fingerprint density at radius 3 is 3.00 bits per heavy atom. The van der Waals surface area contributed by atoms with Crippen LogP contribution < -0.4 is 5.43 Å². The third-order valence-electron chi connectivity index (χ3n) is 3.11. The molecule has 0 spiro atoms. The Kier molecular flexibility index (Phi) is 3.09. The van der Waals surface area contributed by atoms with E-state index < -0.39 is 0 Å². The van der Waals surface area contributed by atoms with Gasteiger partial charge in [-0.3, -0.25) is 4.98 Å². The highest BCUT2D eigenvalue weighted by Crippen LogP contribution is 2.29. The number of aromatic nitrogens is 1. The number of rotatable bonds is 2. The van der Waals surface area contributed by atoms with E-state index in [2.05, 4.69) is 15.5 Å². The molecule has 2 heterocycles. The average Bonchev–Trinajstić information content (AvgIpc) is 2.92. The van der Waals surface area contributed by atoms with Crippen molar-refractivity contribution < 1.29 is 5.11 Å². The summed E-state index contributed by atoms with van der Waals surface area (Å²) in [6, 6.07) is 8.94. The predicted octanol–water partition coefficient (Wildman–Crippen LogP) is 2.88. The molecule has 5 heteroatoms.